The summed E-state index contributed by atoms with van der Waals surface area (Å²) in [6.07, 6.45) is 3.74. The largest absolute Gasteiger partial charge is 0.452 e. The van der Waals surface area contributed by atoms with E-state index in [9.17, 15) is 9.59 Å². The first kappa shape index (κ1) is 21.6. The van der Waals surface area contributed by atoms with Crippen LogP contribution in [0.2, 0.25) is 0 Å². The summed E-state index contributed by atoms with van der Waals surface area (Å²) in [4.78, 5) is 35.3. The average molecular weight is 444 g/mol. The van der Waals surface area contributed by atoms with Gasteiger partial charge in [0.2, 0.25) is 0 Å². The average Bonchev–Trinajstić information content (AvgIpc) is 2.85. The summed E-state index contributed by atoms with van der Waals surface area (Å²) in [7, 11) is 0. The fourth-order valence-corrected chi connectivity index (χ4v) is 5.06. The maximum absolute atomic E-state index is 13.4. The Hall–Kier alpha value is -3.25. The van der Waals surface area contributed by atoms with Crippen LogP contribution in [0.15, 0.2) is 48.5 Å². The predicted molar refractivity (Wildman–Crippen MR) is 128 cm³/mol. The summed E-state index contributed by atoms with van der Waals surface area (Å²) in [6.45, 7) is 5.14. The number of nitrogens with zero attached hydrogens (tertiary/aromatic N) is 3. The van der Waals surface area contributed by atoms with Crippen LogP contribution in [0.25, 0.3) is 10.9 Å². The third kappa shape index (κ3) is 4.23. The van der Waals surface area contributed by atoms with Gasteiger partial charge < -0.3 is 9.64 Å². The van der Waals surface area contributed by atoms with Crippen LogP contribution in [0.5, 0.6) is 0 Å². The second kappa shape index (κ2) is 9.32. The molecule has 6 nitrogen and oxygen atoms in total. The van der Waals surface area contributed by atoms with Crippen molar-refractivity contribution in [2.24, 2.45) is 0 Å². The first-order valence-electron chi connectivity index (χ1n) is 11.8. The Morgan fingerprint density at radius 3 is 2.73 bits per heavy atom. The van der Waals surface area contributed by atoms with Gasteiger partial charge in [-0.2, -0.15) is 0 Å². The molecule has 0 aliphatic carbocycles. The second-order valence-corrected chi connectivity index (χ2v) is 8.81. The number of carbonyl (C=O) groups excluding carboxylic acids is 2. The molecule has 0 saturated heterocycles. The van der Waals surface area contributed by atoms with Gasteiger partial charge in [0.15, 0.2) is 6.61 Å². The number of benzene rings is 2. The predicted octanol–water partition coefficient (Wildman–Crippen LogP) is 4.14. The Balaban J connectivity index is 1.41. The number of rotatable bonds is 5. The SMILES string of the molecule is CCCN1CCc2nc3ccccc3c(C(=O)OCC(=O)N3CCCc4ccccc43)c2C1. The summed E-state index contributed by atoms with van der Waals surface area (Å²) in [5.74, 6) is -0.628. The van der Waals surface area contributed by atoms with Gasteiger partial charge in [-0.1, -0.05) is 43.3 Å². The maximum atomic E-state index is 13.4. The Labute approximate surface area is 194 Å². The van der Waals surface area contributed by atoms with Crippen LogP contribution >= 0.6 is 0 Å². The molecule has 0 unspecified atom stereocenters. The molecule has 0 saturated carbocycles. The van der Waals surface area contributed by atoms with Gasteiger partial charge in [-0.05, 0) is 43.5 Å². The number of pyridine rings is 1. The molecule has 33 heavy (non-hydrogen) atoms. The van der Waals surface area contributed by atoms with Crippen molar-refractivity contribution in [2.75, 3.05) is 31.1 Å². The number of esters is 1. The molecule has 1 amide bonds. The normalized spacial score (nSPS) is 15.7. The van der Waals surface area contributed by atoms with Crippen LogP contribution in [-0.4, -0.2) is 48.0 Å². The number of amides is 1. The number of anilines is 1. The molecule has 2 aliphatic rings. The Kier molecular flexibility index (Phi) is 6.09. The van der Waals surface area contributed by atoms with Gasteiger partial charge in [0.1, 0.15) is 0 Å². The molecule has 3 heterocycles. The number of carbonyl (C=O) groups is 2. The highest BCUT2D eigenvalue weighted by molar-refractivity contribution is 6.06. The van der Waals surface area contributed by atoms with Crippen molar-refractivity contribution in [1.82, 2.24) is 9.88 Å². The smallest absolute Gasteiger partial charge is 0.339 e. The second-order valence-electron chi connectivity index (χ2n) is 8.81. The van der Waals surface area contributed by atoms with Crippen molar-refractivity contribution < 1.29 is 14.3 Å². The van der Waals surface area contributed by atoms with Crippen molar-refractivity contribution in [3.8, 4) is 0 Å². The maximum Gasteiger partial charge on any atom is 0.339 e. The molecule has 0 bridgehead atoms. The van der Waals surface area contributed by atoms with E-state index < -0.39 is 5.97 Å². The van der Waals surface area contributed by atoms with Crippen LogP contribution in [0.1, 0.15) is 46.9 Å². The summed E-state index contributed by atoms with van der Waals surface area (Å²) >= 11 is 0. The fraction of sp³-hybridized carbons (Fsp3) is 0.370. The Morgan fingerprint density at radius 2 is 1.85 bits per heavy atom. The monoisotopic (exact) mass is 443 g/mol. The number of para-hydroxylation sites is 2. The van der Waals surface area contributed by atoms with E-state index >= 15 is 0 Å². The molecule has 3 aromatic rings. The summed E-state index contributed by atoms with van der Waals surface area (Å²) in [5, 5.41) is 0.787. The molecular formula is C27H29N3O3. The minimum atomic E-state index is -0.443. The van der Waals surface area contributed by atoms with E-state index in [4.69, 9.17) is 9.72 Å². The standard InChI is InChI=1S/C27H29N3O3/c1-2-14-29-16-13-23-21(17-29)26(20-10-4-5-11-22(20)28-23)27(32)33-18-25(31)30-15-7-9-19-8-3-6-12-24(19)30/h3-6,8,10-12H,2,7,9,13-18H2,1H3. The molecule has 5 rings (SSSR count). The molecule has 0 atom stereocenters. The topological polar surface area (TPSA) is 62.7 Å². The molecule has 6 heteroatoms. The van der Waals surface area contributed by atoms with Crippen LogP contribution < -0.4 is 4.90 Å². The highest BCUT2D eigenvalue weighted by atomic mass is 16.5. The molecule has 0 radical (unpaired) electrons. The number of ether oxygens (including phenoxy) is 1. The van der Waals surface area contributed by atoms with Crippen LogP contribution in [0.4, 0.5) is 5.69 Å². The molecule has 0 spiro atoms. The van der Waals surface area contributed by atoms with E-state index in [-0.39, 0.29) is 12.5 Å². The van der Waals surface area contributed by atoms with Crippen molar-refractivity contribution >= 4 is 28.5 Å². The van der Waals surface area contributed by atoms with Gasteiger partial charge in [-0.25, -0.2) is 4.79 Å². The zero-order chi connectivity index (χ0) is 22.8. The van der Waals surface area contributed by atoms with Crippen molar-refractivity contribution in [3.63, 3.8) is 0 Å². The number of hydrogen-bond acceptors (Lipinski definition) is 5. The van der Waals surface area contributed by atoms with Crippen LogP contribution in [0, 0.1) is 0 Å². The fourth-order valence-electron chi connectivity index (χ4n) is 5.06. The van der Waals surface area contributed by atoms with E-state index in [0.29, 0.717) is 18.7 Å². The lowest BCUT2D eigenvalue weighted by atomic mass is 9.95. The van der Waals surface area contributed by atoms with Crippen molar-refractivity contribution in [2.45, 2.75) is 39.2 Å². The third-order valence-corrected chi connectivity index (χ3v) is 6.61. The molecule has 170 valence electrons. The number of aryl methyl sites for hydroxylation is 1. The van der Waals surface area contributed by atoms with Crippen LogP contribution in [0.3, 0.4) is 0 Å². The van der Waals surface area contributed by atoms with E-state index in [0.717, 1.165) is 72.2 Å². The van der Waals surface area contributed by atoms with Gasteiger partial charge in [0, 0.05) is 48.4 Å². The molecule has 0 N–H and O–H groups in total. The lowest BCUT2D eigenvalue weighted by Crippen LogP contribution is -2.38. The molecule has 1 aromatic heterocycles. The summed E-state index contributed by atoms with van der Waals surface area (Å²) in [6, 6.07) is 15.6. The lowest BCUT2D eigenvalue weighted by molar-refractivity contribution is -0.121. The third-order valence-electron chi connectivity index (χ3n) is 6.61. The van der Waals surface area contributed by atoms with Gasteiger partial charge in [-0.3, -0.25) is 14.7 Å². The van der Waals surface area contributed by atoms with E-state index in [1.807, 2.05) is 42.5 Å². The highest BCUT2D eigenvalue weighted by Gasteiger charge is 2.28. The van der Waals surface area contributed by atoms with Crippen LogP contribution in [-0.2, 0) is 28.9 Å². The van der Waals surface area contributed by atoms with Crippen molar-refractivity contribution in [1.29, 1.82) is 0 Å². The van der Waals surface area contributed by atoms with E-state index in [1.165, 1.54) is 0 Å². The molecule has 2 aromatic carbocycles. The van der Waals surface area contributed by atoms with Gasteiger partial charge >= 0.3 is 5.97 Å². The quantitative estimate of drug-likeness (QED) is 0.555. The zero-order valence-electron chi connectivity index (χ0n) is 19.0. The summed E-state index contributed by atoms with van der Waals surface area (Å²) in [5.41, 5.74) is 5.34. The van der Waals surface area contributed by atoms with E-state index in [1.54, 1.807) is 4.90 Å². The number of hydrogen-bond donors (Lipinski definition) is 0. The first-order chi connectivity index (χ1) is 16.2. The zero-order valence-corrected chi connectivity index (χ0v) is 19.0. The van der Waals surface area contributed by atoms with Crippen molar-refractivity contribution in [3.05, 3.63) is 70.9 Å². The Bertz CT molecular complexity index is 1210. The number of fused-ring (bicyclic) bond motifs is 3. The van der Waals surface area contributed by atoms with Gasteiger partial charge in [0.05, 0.1) is 11.1 Å². The number of aromatic nitrogens is 1. The minimum Gasteiger partial charge on any atom is -0.452 e. The van der Waals surface area contributed by atoms with E-state index in [2.05, 4.69) is 17.9 Å². The van der Waals surface area contributed by atoms with Gasteiger partial charge in [0.25, 0.3) is 5.91 Å². The van der Waals surface area contributed by atoms with Gasteiger partial charge in [-0.15, -0.1) is 0 Å². The molecular weight excluding hydrogens is 414 g/mol. The highest BCUT2D eigenvalue weighted by Crippen LogP contribution is 2.30. The first-order valence-corrected chi connectivity index (χ1v) is 11.8. The molecule has 2 aliphatic heterocycles. The summed E-state index contributed by atoms with van der Waals surface area (Å²) < 4.78 is 5.65. The molecule has 0 fully saturated rings. The Morgan fingerprint density at radius 1 is 1.03 bits per heavy atom. The lowest BCUT2D eigenvalue weighted by Gasteiger charge is -2.30. The minimum absolute atomic E-state index is 0.185.